The lowest BCUT2D eigenvalue weighted by Crippen LogP contribution is -2.26. The van der Waals surface area contributed by atoms with Crippen molar-refractivity contribution in [2.75, 3.05) is 0 Å². The zero-order valence-corrected chi connectivity index (χ0v) is 11.0. The van der Waals surface area contributed by atoms with Crippen molar-refractivity contribution in [3.05, 3.63) is 34.1 Å². The number of hydrogen-bond donors (Lipinski definition) is 1. The minimum atomic E-state index is -0.340. The van der Waals surface area contributed by atoms with Crippen LogP contribution in [-0.2, 0) is 11.2 Å². The van der Waals surface area contributed by atoms with Gasteiger partial charge in [-0.15, -0.1) is 0 Å². The van der Waals surface area contributed by atoms with Gasteiger partial charge in [0.1, 0.15) is 11.6 Å². The van der Waals surface area contributed by atoms with E-state index in [0.29, 0.717) is 22.4 Å². The molecule has 1 aliphatic rings. The van der Waals surface area contributed by atoms with E-state index in [1.165, 1.54) is 6.07 Å². The first-order valence-electron chi connectivity index (χ1n) is 5.77. The molecule has 0 aromatic heterocycles. The second-order valence-corrected chi connectivity index (χ2v) is 5.57. The van der Waals surface area contributed by atoms with Crippen molar-refractivity contribution in [3.8, 4) is 0 Å². The fourth-order valence-electron chi connectivity index (χ4n) is 1.90. The van der Waals surface area contributed by atoms with Crippen LogP contribution >= 0.6 is 15.9 Å². The molecule has 2 N–H and O–H groups in total. The summed E-state index contributed by atoms with van der Waals surface area (Å²) in [5.41, 5.74) is 6.32. The zero-order valence-electron chi connectivity index (χ0n) is 9.46. The zero-order chi connectivity index (χ0) is 12.4. The molecule has 0 bridgehead atoms. The van der Waals surface area contributed by atoms with Gasteiger partial charge >= 0.3 is 0 Å². The molecule has 0 amide bonds. The number of ketones is 1. The lowest BCUT2D eigenvalue weighted by Gasteiger charge is -2.09. The van der Waals surface area contributed by atoms with Crippen LogP contribution in [0.5, 0.6) is 0 Å². The van der Waals surface area contributed by atoms with E-state index >= 15 is 0 Å². The van der Waals surface area contributed by atoms with Gasteiger partial charge in [0.25, 0.3) is 0 Å². The van der Waals surface area contributed by atoms with Gasteiger partial charge in [-0.05, 0) is 36.5 Å². The standard InChI is InChI=1S/C13H15BrFNO/c14-10-4-3-9(12(15)6-10)5-11(17)7-13(16)8-1-2-8/h3-4,6,8,13H,1-2,5,7,16H2. The maximum atomic E-state index is 13.5. The fourth-order valence-corrected chi connectivity index (χ4v) is 2.24. The predicted molar refractivity (Wildman–Crippen MR) is 68.1 cm³/mol. The van der Waals surface area contributed by atoms with Crippen molar-refractivity contribution in [1.29, 1.82) is 0 Å². The highest BCUT2D eigenvalue weighted by molar-refractivity contribution is 9.10. The fraction of sp³-hybridized carbons (Fsp3) is 0.462. The Balaban J connectivity index is 1.92. The third kappa shape index (κ3) is 3.61. The van der Waals surface area contributed by atoms with Gasteiger partial charge in [0.2, 0.25) is 0 Å². The normalized spacial score (nSPS) is 16.9. The highest BCUT2D eigenvalue weighted by Crippen LogP contribution is 2.33. The number of halogens is 2. The van der Waals surface area contributed by atoms with Crippen molar-refractivity contribution >= 4 is 21.7 Å². The Morgan fingerprint density at radius 2 is 2.24 bits per heavy atom. The molecule has 1 fully saturated rings. The molecule has 1 unspecified atom stereocenters. The van der Waals surface area contributed by atoms with Crippen molar-refractivity contribution < 1.29 is 9.18 Å². The smallest absolute Gasteiger partial charge is 0.138 e. The average molecular weight is 300 g/mol. The lowest BCUT2D eigenvalue weighted by molar-refractivity contribution is -0.118. The first-order valence-corrected chi connectivity index (χ1v) is 6.57. The number of rotatable bonds is 5. The van der Waals surface area contributed by atoms with Crippen LogP contribution in [0.15, 0.2) is 22.7 Å². The van der Waals surface area contributed by atoms with E-state index < -0.39 is 0 Å². The Kier molecular flexibility index (Phi) is 3.94. The van der Waals surface area contributed by atoms with Gasteiger partial charge in [0.15, 0.2) is 0 Å². The van der Waals surface area contributed by atoms with Crippen LogP contribution in [0.4, 0.5) is 4.39 Å². The Morgan fingerprint density at radius 3 is 2.82 bits per heavy atom. The van der Waals surface area contributed by atoms with Crippen molar-refractivity contribution in [1.82, 2.24) is 0 Å². The molecule has 0 saturated heterocycles. The highest BCUT2D eigenvalue weighted by atomic mass is 79.9. The molecule has 0 spiro atoms. The van der Waals surface area contributed by atoms with E-state index in [2.05, 4.69) is 15.9 Å². The summed E-state index contributed by atoms with van der Waals surface area (Å²) in [6, 6.07) is 4.72. The van der Waals surface area contributed by atoms with Crippen LogP contribution < -0.4 is 5.73 Å². The van der Waals surface area contributed by atoms with E-state index in [0.717, 1.165) is 12.8 Å². The van der Waals surface area contributed by atoms with Crippen molar-refractivity contribution in [3.63, 3.8) is 0 Å². The summed E-state index contributed by atoms with van der Waals surface area (Å²) < 4.78 is 14.2. The SMILES string of the molecule is NC(CC(=O)Cc1ccc(Br)cc1F)C1CC1. The van der Waals surface area contributed by atoms with Gasteiger partial charge in [-0.25, -0.2) is 4.39 Å². The molecule has 0 radical (unpaired) electrons. The topological polar surface area (TPSA) is 43.1 Å². The molecule has 1 aliphatic carbocycles. The van der Waals surface area contributed by atoms with Crippen molar-refractivity contribution in [2.24, 2.45) is 11.7 Å². The second-order valence-electron chi connectivity index (χ2n) is 4.66. The summed E-state index contributed by atoms with van der Waals surface area (Å²) >= 11 is 3.19. The molecule has 4 heteroatoms. The van der Waals surface area contributed by atoms with Gasteiger partial charge in [-0.1, -0.05) is 22.0 Å². The van der Waals surface area contributed by atoms with Crippen LogP contribution in [0.2, 0.25) is 0 Å². The number of Topliss-reactive ketones (excluding diaryl/α,β-unsaturated/α-hetero) is 1. The molecule has 2 rings (SSSR count). The average Bonchev–Trinajstić information content (AvgIpc) is 3.05. The predicted octanol–water partition coefficient (Wildman–Crippen LogP) is 2.83. The van der Waals surface area contributed by atoms with Crippen LogP contribution in [0.25, 0.3) is 0 Å². The summed E-state index contributed by atoms with van der Waals surface area (Å²) in [5, 5.41) is 0. The van der Waals surface area contributed by atoms with E-state index in [4.69, 9.17) is 5.73 Å². The Hall–Kier alpha value is -0.740. The number of nitrogens with two attached hydrogens (primary N) is 1. The Bertz CT molecular complexity index is 431. The quantitative estimate of drug-likeness (QED) is 0.908. The van der Waals surface area contributed by atoms with Gasteiger partial charge < -0.3 is 5.73 Å². The molecule has 0 heterocycles. The van der Waals surface area contributed by atoms with Crippen LogP contribution in [0.3, 0.4) is 0 Å². The lowest BCUT2D eigenvalue weighted by atomic mass is 10.0. The van der Waals surface area contributed by atoms with Crippen molar-refractivity contribution in [2.45, 2.75) is 31.7 Å². The van der Waals surface area contributed by atoms with Crippen LogP contribution in [0, 0.1) is 11.7 Å². The Labute approximate surface area is 109 Å². The summed E-state index contributed by atoms with van der Waals surface area (Å²) in [6.07, 6.45) is 2.75. The van der Waals surface area contributed by atoms with E-state index in [9.17, 15) is 9.18 Å². The largest absolute Gasteiger partial charge is 0.327 e. The van der Waals surface area contributed by atoms with E-state index in [1.807, 2.05) is 0 Å². The summed E-state index contributed by atoms with van der Waals surface area (Å²) in [7, 11) is 0. The third-order valence-corrected chi connectivity index (χ3v) is 3.59. The molecule has 1 saturated carbocycles. The highest BCUT2D eigenvalue weighted by Gasteiger charge is 2.29. The van der Waals surface area contributed by atoms with E-state index in [1.54, 1.807) is 12.1 Å². The minimum Gasteiger partial charge on any atom is -0.327 e. The molecule has 2 nitrogen and oxygen atoms in total. The number of hydrogen-bond acceptors (Lipinski definition) is 2. The maximum Gasteiger partial charge on any atom is 0.138 e. The molecular formula is C13H15BrFNO. The molecule has 1 aromatic rings. The summed E-state index contributed by atoms with van der Waals surface area (Å²) in [6.45, 7) is 0. The number of benzene rings is 1. The summed E-state index contributed by atoms with van der Waals surface area (Å²) in [4.78, 5) is 11.7. The Morgan fingerprint density at radius 1 is 1.53 bits per heavy atom. The van der Waals surface area contributed by atoms with Gasteiger partial charge in [-0.2, -0.15) is 0 Å². The maximum absolute atomic E-state index is 13.5. The molecule has 17 heavy (non-hydrogen) atoms. The molecule has 92 valence electrons. The summed E-state index contributed by atoms with van der Waals surface area (Å²) in [5.74, 6) is 0.187. The number of carbonyl (C=O) groups is 1. The first-order chi connectivity index (χ1) is 8.06. The monoisotopic (exact) mass is 299 g/mol. The number of carbonyl (C=O) groups excluding carboxylic acids is 1. The molecule has 1 aromatic carbocycles. The molecular weight excluding hydrogens is 285 g/mol. The van der Waals surface area contributed by atoms with Gasteiger partial charge in [0, 0.05) is 23.4 Å². The van der Waals surface area contributed by atoms with Crippen LogP contribution in [-0.4, -0.2) is 11.8 Å². The first kappa shape index (κ1) is 12.7. The third-order valence-electron chi connectivity index (χ3n) is 3.09. The molecule has 1 atom stereocenters. The van der Waals surface area contributed by atoms with Crippen LogP contribution in [0.1, 0.15) is 24.8 Å². The van der Waals surface area contributed by atoms with E-state index in [-0.39, 0.29) is 24.1 Å². The van der Waals surface area contributed by atoms with Gasteiger partial charge in [-0.3, -0.25) is 4.79 Å². The van der Waals surface area contributed by atoms with Gasteiger partial charge in [0.05, 0.1) is 0 Å². The molecule has 0 aliphatic heterocycles. The minimum absolute atomic E-state index is 0.0191. The second kappa shape index (κ2) is 5.27.